The fraction of sp³-hybridized carbons (Fsp3) is 0.833. The molecule has 3 aliphatic heterocycles. The lowest BCUT2D eigenvalue weighted by Crippen LogP contribution is -2.51. The third-order valence-electron chi connectivity index (χ3n) is 6.00. The lowest BCUT2D eigenvalue weighted by molar-refractivity contribution is -0.136. The van der Waals surface area contributed by atoms with Crippen LogP contribution in [0.15, 0.2) is 4.52 Å². The molecule has 0 aromatic carbocycles. The van der Waals surface area contributed by atoms with E-state index in [0.29, 0.717) is 17.8 Å². The molecule has 0 spiro atoms. The van der Waals surface area contributed by atoms with E-state index in [-0.39, 0.29) is 5.92 Å². The molecule has 3 fully saturated rings. The number of piperidine rings is 2. The SMILES string of the molecule is Cc1nc(N2CCC(N3CCC[C@@H](C(=O)N4CCCC4)C3)CC2)no1. The first-order valence-electron chi connectivity index (χ1n) is 9.79. The van der Waals surface area contributed by atoms with Gasteiger partial charge in [-0.1, -0.05) is 0 Å². The standard InChI is InChI=1S/C18H29N5O2/c1-14-19-18(20-25-14)22-11-6-16(7-12-22)23-10-4-5-15(13-23)17(24)21-8-2-3-9-21/h15-16H,2-13H2,1H3/t15-/m1/s1. The molecular formula is C18H29N5O2. The molecule has 0 N–H and O–H groups in total. The van der Waals surface area contributed by atoms with Gasteiger partial charge in [0.05, 0.1) is 5.92 Å². The highest BCUT2D eigenvalue weighted by molar-refractivity contribution is 5.79. The van der Waals surface area contributed by atoms with E-state index < -0.39 is 0 Å². The number of amides is 1. The molecule has 0 radical (unpaired) electrons. The second kappa shape index (κ2) is 7.32. The number of hydrogen-bond donors (Lipinski definition) is 0. The first-order valence-corrected chi connectivity index (χ1v) is 9.79. The van der Waals surface area contributed by atoms with Crippen molar-refractivity contribution >= 4 is 11.9 Å². The van der Waals surface area contributed by atoms with Crippen LogP contribution in [0.5, 0.6) is 0 Å². The summed E-state index contributed by atoms with van der Waals surface area (Å²) in [5.41, 5.74) is 0. The highest BCUT2D eigenvalue weighted by Gasteiger charge is 2.34. The van der Waals surface area contributed by atoms with Crippen LogP contribution in [0.2, 0.25) is 0 Å². The molecule has 0 unspecified atom stereocenters. The molecule has 138 valence electrons. The van der Waals surface area contributed by atoms with Crippen LogP contribution >= 0.6 is 0 Å². The van der Waals surface area contributed by atoms with Gasteiger partial charge in [0.25, 0.3) is 5.95 Å². The highest BCUT2D eigenvalue weighted by Crippen LogP contribution is 2.27. The molecule has 3 aliphatic rings. The molecule has 0 bridgehead atoms. The van der Waals surface area contributed by atoms with E-state index in [1.807, 2.05) is 6.92 Å². The molecule has 25 heavy (non-hydrogen) atoms. The van der Waals surface area contributed by atoms with Gasteiger partial charge >= 0.3 is 0 Å². The van der Waals surface area contributed by atoms with E-state index in [4.69, 9.17) is 4.52 Å². The van der Waals surface area contributed by atoms with Gasteiger partial charge < -0.3 is 14.3 Å². The smallest absolute Gasteiger partial charge is 0.266 e. The summed E-state index contributed by atoms with van der Waals surface area (Å²) >= 11 is 0. The molecule has 4 rings (SSSR count). The summed E-state index contributed by atoms with van der Waals surface area (Å²) in [6.07, 6.45) is 6.78. The number of rotatable bonds is 3. The molecule has 7 heteroatoms. The molecule has 1 aromatic heterocycles. The molecule has 1 atom stereocenters. The molecule has 7 nitrogen and oxygen atoms in total. The third-order valence-corrected chi connectivity index (χ3v) is 6.00. The lowest BCUT2D eigenvalue weighted by atomic mass is 9.93. The van der Waals surface area contributed by atoms with E-state index in [1.54, 1.807) is 0 Å². The predicted octanol–water partition coefficient (Wildman–Crippen LogP) is 1.68. The average molecular weight is 347 g/mol. The number of carbonyl (C=O) groups is 1. The minimum atomic E-state index is 0.213. The Morgan fingerprint density at radius 1 is 1.04 bits per heavy atom. The minimum Gasteiger partial charge on any atom is -0.342 e. The lowest BCUT2D eigenvalue weighted by Gasteiger charge is -2.42. The molecule has 0 aliphatic carbocycles. The van der Waals surface area contributed by atoms with Crippen molar-refractivity contribution < 1.29 is 9.32 Å². The maximum Gasteiger partial charge on any atom is 0.266 e. The summed E-state index contributed by atoms with van der Waals surface area (Å²) < 4.78 is 5.09. The number of aromatic nitrogens is 2. The van der Waals surface area contributed by atoms with Crippen molar-refractivity contribution in [3.05, 3.63) is 5.89 Å². The van der Waals surface area contributed by atoms with Gasteiger partial charge in [-0.3, -0.25) is 9.69 Å². The summed E-state index contributed by atoms with van der Waals surface area (Å²) in [7, 11) is 0. The second-order valence-electron chi connectivity index (χ2n) is 7.70. The Hall–Kier alpha value is -1.63. The van der Waals surface area contributed by atoms with Crippen molar-refractivity contribution in [2.45, 2.75) is 51.5 Å². The normalized spacial score (nSPS) is 26.4. The van der Waals surface area contributed by atoms with Gasteiger partial charge in [-0.2, -0.15) is 4.98 Å². The van der Waals surface area contributed by atoms with E-state index in [2.05, 4.69) is 24.8 Å². The summed E-state index contributed by atoms with van der Waals surface area (Å²) in [4.78, 5) is 23.9. The zero-order valence-corrected chi connectivity index (χ0v) is 15.2. The second-order valence-corrected chi connectivity index (χ2v) is 7.70. The van der Waals surface area contributed by atoms with Gasteiger partial charge in [-0.05, 0) is 50.2 Å². The van der Waals surface area contributed by atoms with Gasteiger partial charge in [0.15, 0.2) is 0 Å². The fourth-order valence-electron chi connectivity index (χ4n) is 4.58. The number of nitrogens with zero attached hydrogens (tertiary/aromatic N) is 5. The fourth-order valence-corrected chi connectivity index (χ4v) is 4.58. The Balaban J connectivity index is 1.31. The zero-order chi connectivity index (χ0) is 17.2. The van der Waals surface area contributed by atoms with Crippen LogP contribution in [0.1, 0.15) is 44.4 Å². The maximum absolute atomic E-state index is 12.7. The van der Waals surface area contributed by atoms with Gasteiger partial charge in [0, 0.05) is 45.7 Å². The number of likely N-dealkylation sites (tertiary alicyclic amines) is 2. The van der Waals surface area contributed by atoms with Crippen molar-refractivity contribution in [2.24, 2.45) is 5.92 Å². The minimum absolute atomic E-state index is 0.213. The number of anilines is 1. The van der Waals surface area contributed by atoms with Crippen molar-refractivity contribution in [3.63, 3.8) is 0 Å². The first-order chi connectivity index (χ1) is 12.2. The molecule has 4 heterocycles. The van der Waals surface area contributed by atoms with Gasteiger partial charge in [-0.25, -0.2) is 0 Å². The van der Waals surface area contributed by atoms with Crippen molar-refractivity contribution in [3.8, 4) is 0 Å². The van der Waals surface area contributed by atoms with Gasteiger partial charge in [0.1, 0.15) is 0 Å². The summed E-state index contributed by atoms with van der Waals surface area (Å²) in [5, 5.41) is 4.03. The Bertz CT molecular complexity index is 590. The van der Waals surface area contributed by atoms with Gasteiger partial charge in [-0.15, -0.1) is 0 Å². The highest BCUT2D eigenvalue weighted by atomic mass is 16.5. The predicted molar refractivity (Wildman–Crippen MR) is 94.4 cm³/mol. The van der Waals surface area contributed by atoms with Crippen LogP contribution in [-0.2, 0) is 4.79 Å². The number of carbonyl (C=O) groups excluding carboxylic acids is 1. The molecular weight excluding hydrogens is 318 g/mol. The van der Waals surface area contributed by atoms with Crippen molar-refractivity contribution in [1.82, 2.24) is 19.9 Å². The van der Waals surface area contributed by atoms with E-state index >= 15 is 0 Å². The molecule has 1 aromatic rings. The summed E-state index contributed by atoms with van der Waals surface area (Å²) in [5.74, 6) is 1.96. The third kappa shape index (κ3) is 3.66. The Morgan fingerprint density at radius 2 is 1.80 bits per heavy atom. The molecule has 3 saturated heterocycles. The first kappa shape index (κ1) is 16.8. The Morgan fingerprint density at radius 3 is 2.48 bits per heavy atom. The number of aryl methyl sites for hydroxylation is 1. The summed E-state index contributed by atoms with van der Waals surface area (Å²) in [6.45, 7) is 7.77. The Kier molecular flexibility index (Phi) is 4.92. The Labute approximate surface area is 149 Å². The van der Waals surface area contributed by atoms with E-state index in [1.165, 1.54) is 12.8 Å². The van der Waals surface area contributed by atoms with Gasteiger partial charge in [0.2, 0.25) is 11.8 Å². The van der Waals surface area contributed by atoms with Crippen LogP contribution in [0.25, 0.3) is 0 Å². The maximum atomic E-state index is 12.7. The molecule has 1 amide bonds. The summed E-state index contributed by atoms with van der Waals surface area (Å²) in [6, 6.07) is 0.582. The topological polar surface area (TPSA) is 65.7 Å². The van der Waals surface area contributed by atoms with Crippen LogP contribution in [0.4, 0.5) is 5.95 Å². The van der Waals surface area contributed by atoms with Crippen LogP contribution in [-0.4, -0.2) is 71.2 Å². The largest absolute Gasteiger partial charge is 0.342 e. The zero-order valence-electron chi connectivity index (χ0n) is 15.2. The van der Waals surface area contributed by atoms with Crippen LogP contribution in [0.3, 0.4) is 0 Å². The van der Waals surface area contributed by atoms with E-state index in [9.17, 15) is 4.79 Å². The van der Waals surface area contributed by atoms with E-state index in [0.717, 1.165) is 70.9 Å². The monoisotopic (exact) mass is 347 g/mol. The number of hydrogen-bond acceptors (Lipinski definition) is 6. The average Bonchev–Trinajstić information content (AvgIpc) is 3.33. The van der Waals surface area contributed by atoms with Crippen LogP contribution in [0, 0.1) is 12.8 Å². The molecule has 0 saturated carbocycles. The van der Waals surface area contributed by atoms with Crippen molar-refractivity contribution in [1.29, 1.82) is 0 Å². The van der Waals surface area contributed by atoms with Crippen LogP contribution < -0.4 is 4.90 Å². The van der Waals surface area contributed by atoms with Crippen molar-refractivity contribution in [2.75, 3.05) is 44.2 Å². The quantitative estimate of drug-likeness (QED) is 0.829.